The van der Waals surface area contributed by atoms with Gasteiger partial charge < -0.3 is 9.84 Å². The molecule has 0 aromatic carbocycles. The van der Waals surface area contributed by atoms with Gasteiger partial charge in [-0.15, -0.1) is 11.3 Å². The zero-order chi connectivity index (χ0) is 11.5. The molecule has 0 aliphatic rings. The van der Waals surface area contributed by atoms with Gasteiger partial charge in [0.2, 0.25) is 0 Å². The van der Waals surface area contributed by atoms with Crippen LogP contribution in [-0.4, -0.2) is 11.1 Å². The van der Waals surface area contributed by atoms with Crippen molar-refractivity contribution in [2.75, 3.05) is 0 Å². The predicted molar refractivity (Wildman–Crippen MR) is 64.4 cm³/mol. The summed E-state index contributed by atoms with van der Waals surface area (Å²) in [5, 5.41) is 6.56. The third-order valence-corrected chi connectivity index (χ3v) is 3.53. The molecule has 2 aromatic heterocycles. The maximum atomic E-state index is 11.7. The second kappa shape index (κ2) is 4.80. The normalized spacial score (nSPS) is 10.4. The Kier molecular flexibility index (Phi) is 3.40. The van der Waals surface area contributed by atoms with Gasteiger partial charge in [-0.05, 0) is 35.0 Å². The molecule has 4 nitrogen and oxygen atoms in total. The largest absolute Gasteiger partial charge is 0.361 e. The number of nitrogens with zero attached hydrogens (tertiary/aromatic N) is 1. The van der Waals surface area contributed by atoms with Crippen LogP contribution in [0.5, 0.6) is 0 Å². The SMILES string of the molecule is Cc1cc(CNC(=O)c2ccc(Br)s2)no1. The van der Waals surface area contributed by atoms with E-state index in [0.717, 1.165) is 15.2 Å². The van der Waals surface area contributed by atoms with E-state index in [0.29, 0.717) is 11.4 Å². The van der Waals surface area contributed by atoms with E-state index in [9.17, 15) is 4.79 Å². The van der Waals surface area contributed by atoms with Crippen LogP contribution in [0.4, 0.5) is 0 Å². The van der Waals surface area contributed by atoms with Gasteiger partial charge in [-0.2, -0.15) is 0 Å². The zero-order valence-electron chi connectivity index (χ0n) is 8.49. The maximum Gasteiger partial charge on any atom is 0.261 e. The molecule has 0 radical (unpaired) electrons. The fourth-order valence-corrected chi connectivity index (χ4v) is 2.50. The third-order valence-electron chi connectivity index (χ3n) is 1.90. The predicted octanol–water partition coefficient (Wildman–Crippen LogP) is 2.74. The molecule has 2 rings (SSSR count). The van der Waals surface area contributed by atoms with E-state index in [1.54, 1.807) is 12.1 Å². The average Bonchev–Trinajstić information content (AvgIpc) is 2.84. The number of carbonyl (C=O) groups excluding carboxylic acids is 1. The molecule has 0 aliphatic heterocycles. The molecule has 0 spiro atoms. The topological polar surface area (TPSA) is 55.1 Å². The van der Waals surface area contributed by atoms with Crippen molar-refractivity contribution in [3.8, 4) is 0 Å². The number of hydrogen-bond acceptors (Lipinski definition) is 4. The van der Waals surface area contributed by atoms with Gasteiger partial charge in [0.25, 0.3) is 5.91 Å². The van der Waals surface area contributed by atoms with Crippen LogP contribution >= 0.6 is 27.3 Å². The average molecular weight is 301 g/mol. The Bertz CT molecular complexity index is 506. The minimum absolute atomic E-state index is 0.101. The van der Waals surface area contributed by atoms with Crippen molar-refractivity contribution in [3.63, 3.8) is 0 Å². The fraction of sp³-hybridized carbons (Fsp3) is 0.200. The summed E-state index contributed by atoms with van der Waals surface area (Å²) in [6, 6.07) is 5.42. The molecule has 0 bridgehead atoms. The Labute approximate surface area is 105 Å². The highest BCUT2D eigenvalue weighted by molar-refractivity contribution is 9.11. The smallest absolute Gasteiger partial charge is 0.261 e. The van der Waals surface area contributed by atoms with E-state index >= 15 is 0 Å². The molecule has 0 aliphatic carbocycles. The minimum atomic E-state index is -0.101. The number of amides is 1. The number of rotatable bonds is 3. The van der Waals surface area contributed by atoms with Crippen molar-refractivity contribution in [3.05, 3.63) is 38.3 Å². The lowest BCUT2D eigenvalue weighted by atomic mass is 10.3. The fourth-order valence-electron chi connectivity index (χ4n) is 1.20. The van der Waals surface area contributed by atoms with Crippen molar-refractivity contribution in [1.29, 1.82) is 0 Å². The summed E-state index contributed by atoms with van der Waals surface area (Å²) >= 11 is 4.71. The van der Waals surface area contributed by atoms with Gasteiger partial charge in [0.05, 0.1) is 15.2 Å². The standard InChI is InChI=1S/C10H9BrN2O2S/c1-6-4-7(13-15-6)5-12-10(14)8-2-3-9(11)16-8/h2-4H,5H2,1H3,(H,12,14). The quantitative estimate of drug-likeness (QED) is 0.948. The van der Waals surface area contributed by atoms with E-state index < -0.39 is 0 Å². The van der Waals surface area contributed by atoms with Gasteiger partial charge in [0.15, 0.2) is 0 Å². The number of aryl methyl sites for hydroxylation is 1. The second-order valence-corrected chi connectivity index (χ2v) is 5.68. The molecule has 2 heterocycles. The molecule has 84 valence electrons. The first kappa shape index (κ1) is 11.3. The molecule has 0 atom stereocenters. The lowest BCUT2D eigenvalue weighted by molar-refractivity contribution is 0.0954. The Balaban J connectivity index is 1.93. The van der Waals surface area contributed by atoms with Crippen molar-refractivity contribution in [1.82, 2.24) is 10.5 Å². The van der Waals surface area contributed by atoms with Crippen LogP contribution < -0.4 is 5.32 Å². The monoisotopic (exact) mass is 300 g/mol. The molecular formula is C10H9BrN2O2S. The first-order valence-electron chi connectivity index (χ1n) is 4.61. The lowest BCUT2D eigenvalue weighted by Crippen LogP contribution is -2.21. The number of nitrogens with one attached hydrogen (secondary N) is 1. The summed E-state index contributed by atoms with van der Waals surface area (Å²) in [7, 11) is 0. The highest BCUT2D eigenvalue weighted by Gasteiger charge is 2.09. The molecule has 0 fully saturated rings. The zero-order valence-corrected chi connectivity index (χ0v) is 10.9. The van der Waals surface area contributed by atoms with Gasteiger partial charge >= 0.3 is 0 Å². The van der Waals surface area contributed by atoms with E-state index in [1.807, 2.05) is 13.0 Å². The Morgan fingerprint density at radius 2 is 2.44 bits per heavy atom. The van der Waals surface area contributed by atoms with Gasteiger partial charge in [0, 0.05) is 6.07 Å². The first-order valence-corrected chi connectivity index (χ1v) is 6.22. The van der Waals surface area contributed by atoms with Crippen LogP contribution in [0.2, 0.25) is 0 Å². The molecular weight excluding hydrogens is 292 g/mol. The van der Waals surface area contributed by atoms with Crippen molar-refractivity contribution >= 4 is 33.2 Å². The van der Waals surface area contributed by atoms with Crippen LogP contribution in [0.3, 0.4) is 0 Å². The maximum absolute atomic E-state index is 11.7. The first-order chi connectivity index (χ1) is 7.65. The van der Waals surface area contributed by atoms with Gasteiger partial charge in [-0.3, -0.25) is 4.79 Å². The number of thiophene rings is 1. The Morgan fingerprint density at radius 3 is 3.00 bits per heavy atom. The van der Waals surface area contributed by atoms with E-state index in [1.165, 1.54) is 11.3 Å². The Hall–Kier alpha value is -1.14. The van der Waals surface area contributed by atoms with E-state index in [2.05, 4.69) is 26.4 Å². The number of carbonyl (C=O) groups is 1. The summed E-state index contributed by atoms with van der Waals surface area (Å²) in [6.45, 7) is 2.19. The molecule has 0 unspecified atom stereocenters. The summed E-state index contributed by atoms with van der Waals surface area (Å²) in [4.78, 5) is 12.3. The van der Waals surface area contributed by atoms with Crippen LogP contribution in [0.1, 0.15) is 21.1 Å². The number of halogens is 1. The van der Waals surface area contributed by atoms with Crippen molar-refractivity contribution < 1.29 is 9.32 Å². The van der Waals surface area contributed by atoms with Crippen LogP contribution in [0.15, 0.2) is 26.5 Å². The minimum Gasteiger partial charge on any atom is -0.361 e. The number of aromatic nitrogens is 1. The van der Waals surface area contributed by atoms with Gasteiger partial charge in [0.1, 0.15) is 11.5 Å². The van der Waals surface area contributed by atoms with E-state index in [4.69, 9.17) is 4.52 Å². The van der Waals surface area contributed by atoms with Crippen molar-refractivity contribution in [2.45, 2.75) is 13.5 Å². The van der Waals surface area contributed by atoms with Gasteiger partial charge in [-0.1, -0.05) is 5.16 Å². The molecule has 1 N–H and O–H groups in total. The van der Waals surface area contributed by atoms with Crippen LogP contribution in [-0.2, 0) is 6.54 Å². The van der Waals surface area contributed by atoms with Gasteiger partial charge in [-0.25, -0.2) is 0 Å². The molecule has 6 heteroatoms. The van der Waals surface area contributed by atoms with Crippen LogP contribution in [0, 0.1) is 6.92 Å². The highest BCUT2D eigenvalue weighted by Crippen LogP contribution is 2.21. The lowest BCUT2D eigenvalue weighted by Gasteiger charge is -1.99. The molecule has 0 saturated carbocycles. The molecule has 0 saturated heterocycles. The number of hydrogen-bond donors (Lipinski definition) is 1. The summed E-state index contributed by atoms with van der Waals surface area (Å²) < 4.78 is 5.84. The molecule has 16 heavy (non-hydrogen) atoms. The van der Waals surface area contributed by atoms with Crippen molar-refractivity contribution in [2.24, 2.45) is 0 Å². The van der Waals surface area contributed by atoms with E-state index in [-0.39, 0.29) is 5.91 Å². The second-order valence-electron chi connectivity index (χ2n) is 3.22. The third kappa shape index (κ3) is 2.70. The Morgan fingerprint density at radius 1 is 1.62 bits per heavy atom. The summed E-state index contributed by atoms with van der Waals surface area (Å²) in [6.07, 6.45) is 0. The molecule has 2 aromatic rings. The van der Waals surface area contributed by atoms with Crippen LogP contribution in [0.25, 0.3) is 0 Å². The highest BCUT2D eigenvalue weighted by atomic mass is 79.9. The molecule has 1 amide bonds. The summed E-state index contributed by atoms with van der Waals surface area (Å²) in [5.74, 6) is 0.638. The summed E-state index contributed by atoms with van der Waals surface area (Å²) in [5.41, 5.74) is 0.724.